The third-order valence-electron chi connectivity index (χ3n) is 4.31. The van der Waals surface area contributed by atoms with Gasteiger partial charge in [0.25, 0.3) is 0 Å². The molecule has 0 aliphatic heterocycles. The molecule has 4 nitrogen and oxygen atoms in total. The fourth-order valence-electron chi connectivity index (χ4n) is 3.00. The van der Waals surface area contributed by atoms with Gasteiger partial charge in [-0.25, -0.2) is 9.18 Å². The number of nitrogens with one attached hydrogen (secondary N) is 2. The molecule has 0 radical (unpaired) electrons. The SMILES string of the molecule is COC(=O)c1c(NC(=S)Nc2ccc(Br)cc2F)sc2c1CCC(C)C2. The van der Waals surface area contributed by atoms with Crippen LogP contribution in [-0.2, 0) is 17.6 Å². The Morgan fingerprint density at radius 1 is 1.42 bits per heavy atom. The highest BCUT2D eigenvalue weighted by molar-refractivity contribution is 9.10. The molecule has 8 heteroatoms. The summed E-state index contributed by atoms with van der Waals surface area (Å²) >= 11 is 10.0. The van der Waals surface area contributed by atoms with E-state index in [1.54, 1.807) is 12.1 Å². The van der Waals surface area contributed by atoms with Gasteiger partial charge >= 0.3 is 5.97 Å². The predicted molar refractivity (Wildman–Crippen MR) is 111 cm³/mol. The topological polar surface area (TPSA) is 50.4 Å². The summed E-state index contributed by atoms with van der Waals surface area (Å²) in [6, 6.07) is 4.67. The van der Waals surface area contributed by atoms with Crippen molar-refractivity contribution in [2.45, 2.75) is 26.2 Å². The van der Waals surface area contributed by atoms with Gasteiger partial charge in [0.1, 0.15) is 10.8 Å². The summed E-state index contributed by atoms with van der Waals surface area (Å²) in [6.07, 6.45) is 2.83. The lowest BCUT2D eigenvalue weighted by atomic mass is 9.88. The predicted octanol–water partition coefficient (Wildman–Crippen LogP) is 5.37. The number of thiophene rings is 1. The Hall–Kier alpha value is -1.51. The van der Waals surface area contributed by atoms with E-state index in [-0.39, 0.29) is 16.8 Å². The van der Waals surface area contributed by atoms with E-state index in [0.717, 1.165) is 24.8 Å². The van der Waals surface area contributed by atoms with Crippen molar-refractivity contribution >= 4 is 61.3 Å². The monoisotopic (exact) mass is 456 g/mol. The number of methoxy groups -OCH3 is 1. The number of ether oxygens (including phenoxy) is 1. The molecule has 0 spiro atoms. The van der Waals surface area contributed by atoms with Crippen molar-refractivity contribution in [3.63, 3.8) is 0 Å². The third-order valence-corrected chi connectivity index (χ3v) is 6.17. The molecule has 1 heterocycles. The summed E-state index contributed by atoms with van der Waals surface area (Å²) in [5.74, 6) is -0.213. The number of halogens is 2. The molecule has 1 aliphatic rings. The molecular formula is C18H18BrFN2O2S2. The molecule has 1 aromatic heterocycles. The second-order valence-electron chi connectivity index (χ2n) is 6.25. The highest BCUT2D eigenvalue weighted by Crippen LogP contribution is 2.40. The minimum Gasteiger partial charge on any atom is -0.465 e. The average Bonchev–Trinajstić information content (AvgIpc) is 2.93. The zero-order valence-corrected chi connectivity index (χ0v) is 17.5. The fraction of sp³-hybridized carbons (Fsp3) is 0.333. The summed E-state index contributed by atoms with van der Waals surface area (Å²) in [4.78, 5) is 13.5. The van der Waals surface area contributed by atoms with Gasteiger partial charge in [0.2, 0.25) is 0 Å². The first kappa shape index (κ1) is 19.3. The summed E-state index contributed by atoms with van der Waals surface area (Å²) < 4.78 is 19.6. The standard InChI is InChI=1S/C18H18BrFN2O2S2/c1-9-3-5-11-14(7-9)26-16(15(11)17(23)24-2)22-18(25)21-13-6-4-10(19)8-12(13)20/h4,6,8-9H,3,5,7H2,1-2H3,(H2,21,22,25). The minimum atomic E-state index is -0.420. The van der Waals surface area contributed by atoms with E-state index >= 15 is 0 Å². The van der Waals surface area contributed by atoms with E-state index in [9.17, 15) is 9.18 Å². The van der Waals surface area contributed by atoms with Crippen LogP contribution in [0.4, 0.5) is 15.1 Å². The zero-order valence-electron chi connectivity index (χ0n) is 14.3. The normalized spacial score (nSPS) is 15.9. The van der Waals surface area contributed by atoms with Crippen molar-refractivity contribution in [1.82, 2.24) is 0 Å². The molecule has 1 aliphatic carbocycles. The maximum absolute atomic E-state index is 14.0. The second-order valence-corrected chi connectivity index (χ2v) is 8.68. The Bertz CT molecular complexity index is 869. The highest BCUT2D eigenvalue weighted by Gasteiger charge is 2.28. The largest absolute Gasteiger partial charge is 0.465 e. The van der Waals surface area contributed by atoms with Gasteiger partial charge in [-0.1, -0.05) is 22.9 Å². The molecule has 2 aromatic rings. The van der Waals surface area contributed by atoms with Gasteiger partial charge in [-0.2, -0.15) is 0 Å². The van der Waals surface area contributed by atoms with Crippen molar-refractivity contribution < 1.29 is 13.9 Å². The van der Waals surface area contributed by atoms with E-state index in [1.807, 2.05) is 0 Å². The smallest absolute Gasteiger partial charge is 0.341 e. The maximum Gasteiger partial charge on any atom is 0.341 e. The molecule has 2 N–H and O–H groups in total. The summed E-state index contributed by atoms with van der Waals surface area (Å²) in [6.45, 7) is 2.20. The molecule has 3 rings (SSSR count). The van der Waals surface area contributed by atoms with Gasteiger partial charge < -0.3 is 15.4 Å². The number of hydrogen-bond donors (Lipinski definition) is 2. The molecular weight excluding hydrogens is 439 g/mol. The van der Waals surface area contributed by atoms with E-state index in [1.165, 1.54) is 29.4 Å². The van der Waals surface area contributed by atoms with Crippen molar-refractivity contribution in [3.05, 3.63) is 44.5 Å². The Morgan fingerprint density at radius 3 is 2.88 bits per heavy atom. The number of carbonyl (C=O) groups excluding carboxylic acids is 1. The van der Waals surface area contributed by atoms with E-state index in [4.69, 9.17) is 17.0 Å². The van der Waals surface area contributed by atoms with Gasteiger partial charge in [-0.15, -0.1) is 11.3 Å². The average molecular weight is 457 g/mol. The van der Waals surface area contributed by atoms with Crippen LogP contribution in [-0.4, -0.2) is 18.2 Å². The number of hydrogen-bond acceptors (Lipinski definition) is 4. The summed E-state index contributed by atoms with van der Waals surface area (Å²) in [5, 5.41) is 6.76. The van der Waals surface area contributed by atoms with Crippen molar-refractivity contribution in [3.8, 4) is 0 Å². The van der Waals surface area contributed by atoms with Crippen LogP contribution in [0.2, 0.25) is 0 Å². The number of benzene rings is 1. The van der Waals surface area contributed by atoms with Crippen LogP contribution >= 0.6 is 39.5 Å². The van der Waals surface area contributed by atoms with E-state index in [2.05, 4.69) is 33.5 Å². The molecule has 1 atom stereocenters. The molecule has 0 bridgehead atoms. The summed E-state index contributed by atoms with van der Waals surface area (Å²) in [5.41, 5.74) is 1.85. The zero-order chi connectivity index (χ0) is 18.8. The molecule has 138 valence electrons. The van der Waals surface area contributed by atoms with Gasteiger partial charge in [0.15, 0.2) is 5.11 Å². The lowest BCUT2D eigenvalue weighted by Crippen LogP contribution is -2.21. The number of rotatable bonds is 3. The fourth-order valence-corrected chi connectivity index (χ4v) is 5.02. The van der Waals surface area contributed by atoms with Crippen molar-refractivity contribution in [2.75, 3.05) is 17.7 Å². The lowest BCUT2D eigenvalue weighted by molar-refractivity contribution is 0.0601. The van der Waals surface area contributed by atoms with E-state index < -0.39 is 5.82 Å². The third kappa shape index (κ3) is 4.07. The first-order chi connectivity index (χ1) is 12.4. The van der Waals surface area contributed by atoms with Crippen LogP contribution in [0.1, 0.15) is 34.1 Å². The molecule has 1 aromatic carbocycles. The van der Waals surface area contributed by atoms with Crippen LogP contribution in [0, 0.1) is 11.7 Å². The number of thiocarbonyl (C=S) groups is 1. The van der Waals surface area contributed by atoms with Crippen molar-refractivity contribution in [2.24, 2.45) is 5.92 Å². The van der Waals surface area contributed by atoms with Crippen LogP contribution < -0.4 is 10.6 Å². The molecule has 26 heavy (non-hydrogen) atoms. The molecule has 0 saturated carbocycles. The Balaban J connectivity index is 1.84. The van der Waals surface area contributed by atoms with Crippen molar-refractivity contribution in [1.29, 1.82) is 0 Å². The van der Waals surface area contributed by atoms with Crippen LogP contribution in [0.15, 0.2) is 22.7 Å². The number of anilines is 2. The van der Waals surface area contributed by atoms with Crippen LogP contribution in [0.5, 0.6) is 0 Å². The highest BCUT2D eigenvalue weighted by atomic mass is 79.9. The lowest BCUT2D eigenvalue weighted by Gasteiger charge is -2.18. The van der Waals surface area contributed by atoms with Crippen LogP contribution in [0.3, 0.4) is 0 Å². The first-order valence-electron chi connectivity index (χ1n) is 8.15. The molecule has 0 fully saturated rings. The van der Waals surface area contributed by atoms with Gasteiger partial charge in [-0.3, -0.25) is 0 Å². The second kappa shape index (κ2) is 8.02. The van der Waals surface area contributed by atoms with E-state index in [0.29, 0.717) is 21.0 Å². The Morgan fingerprint density at radius 2 is 2.19 bits per heavy atom. The number of fused-ring (bicyclic) bond motifs is 1. The number of esters is 1. The van der Waals surface area contributed by atoms with Gasteiger partial charge in [0, 0.05) is 9.35 Å². The quantitative estimate of drug-likeness (QED) is 0.480. The Labute approximate surface area is 169 Å². The number of carbonyl (C=O) groups is 1. The Kier molecular flexibility index (Phi) is 5.94. The molecule has 0 saturated heterocycles. The van der Waals surface area contributed by atoms with Gasteiger partial charge in [0.05, 0.1) is 18.4 Å². The molecule has 1 unspecified atom stereocenters. The van der Waals surface area contributed by atoms with Crippen LogP contribution in [0.25, 0.3) is 0 Å². The molecule has 0 amide bonds. The van der Waals surface area contributed by atoms with Gasteiger partial charge in [-0.05, 0) is 61.2 Å². The minimum absolute atomic E-state index is 0.225. The first-order valence-corrected chi connectivity index (χ1v) is 10.2. The maximum atomic E-state index is 14.0. The summed E-state index contributed by atoms with van der Waals surface area (Å²) in [7, 11) is 1.37.